The van der Waals surface area contributed by atoms with Gasteiger partial charge in [-0.05, 0) is 25.7 Å². The third-order valence-electron chi connectivity index (χ3n) is 3.63. The van der Waals surface area contributed by atoms with E-state index in [-0.39, 0.29) is 0 Å². The zero-order valence-corrected chi connectivity index (χ0v) is 10.2. The number of fused-ring (bicyclic) bond motifs is 1. The SMILES string of the molecule is COCCn1nc2c(c1C1CC1)C(=O)CCC2. The fourth-order valence-electron chi connectivity index (χ4n) is 2.67. The lowest BCUT2D eigenvalue weighted by Gasteiger charge is -2.10. The van der Waals surface area contributed by atoms with Gasteiger partial charge in [-0.15, -0.1) is 0 Å². The Hall–Kier alpha value is -1.16. The highest BCUT2D eigenvalue weighted by atomic mass is 16.5. The number of Topliss-reactive ketones (excluding diaryl/α,β-unsaturated/α-hetero) is 1. The van der Waals surface area contributed by atoms with Crippen LogP contribution in [-0.4, -0.2) is 29.3 Å². The molecule has 0 atom stereocenters. The van der Waals surface area contributed by atoms with Crippen molar-refractivity contribution >= 4 is 5.78 Å². The van der Waals surface area contributed by atoms with Crippen LogP contribution in [0.2, 0.25) is 0 Å². The number of ether oxygens (including phenoxy) is 1. The Morgan fingerprint density at radius 3 is 2.94 bits per heavy atom. The van der Waals surface area contributed by atoms with E-state index in [0.717, 1.165) is 30.6 Å². The van der Waals surface area contributed by atoms with Crippen LogP contribution in [0.15, 0.2) is 0 Å². The van der Waals surface area contributed by atoms with Crippen molar-refractivity contribution in [1.29, 1.82) is 0 Å². The number of carbonyl (C=O) groups is 1. The van der Waals surface area contributed by atoms with Gasteiger partial charge in [-0.3, -0.25) is 9.48 Å². The molecule has 0 saturated heterocycles. The molecule has 92 valence electrons. The number of rotatable bonds is 4. The van der Waals surface area contributed by atoms with Crippen molar-refractivity contribution in [2.75, 3.05) is 13.7 Å². The summed E-state index contributed by atoms with van der Waals surface area (Å²) >= 11 is 0. The van der Waals surface area contributed by atoms with Crippen molar-refractivity contribution in [3.63, 3.8) is 0 Å². The summed E-state index contributed by atoms with van der Waals surface area (Å²) in [6.07, 6.45) is 5.03. The summed E-state index contributed by atoms with van der Waals surface area (Å²) in [4.78, 5) is 12.0. The van der Waals surface area contributed by atoms with Gasteiger partial charge >= 0.3 is 0 Å². The van der Waals surface area contributed by atoms with Crippen molar-refractivity contribution in [2.24, 2.45) is 0 Å². The molecular formula is C13H18N2O2. The Balaban J connectivity index is 2.00. The number of nitrogens with zero attached hydrogens (tertiary/aromatic N) is 2. The number of aryl methyl sites for hydroxylation is 1. The molecule has 1 saturated carbocycles. The second kappa shape index (κ2) is 4.26. The van der Waals surface area contributed by atoms with E-state index in [9.17, 15) is 4.79 Å². The number of ketones is 1. The summed E-state index contributed by atoms with van der Waals surface area (Å²) < 4.78 is 7.14. The van der Waals surface area contributed by atoms with Gasteiger partial charge in [0.2, 0.25) is 0 Å². The Bertz CT molecular complexity index is 447. The molecule has 3 rings (SSSR count). The first-order valence-corrected chi connectivity index (χ1v) is 6.43. The summed E-state index contributed by atoms with van der Waals surface area (Å²) in [5, 5.41) is 4.62. The summed E-state index contributed by atoms with van der Waals surface area (Å²) in [7, 11) is 1.70. The lowest BCUT2D eigenvalue weighted by atomic mass is 9.93. The standard InChI is InChI=1S/C13H18N2O2/c1-17-8-7-15-13(9-5-6-9)12-10(14-15)3-2-4-11(12)16/h9H,2-8H2,1H3. The van der Waals surface area contributed by atoms with Gasteiger partial charge in [0.25, 0.3) is 0 Å². The third kappa shape index (κ3) is 1.90. The number of methoxy groups -OCH3 is 1. The molecule has 0 aromatic carbocycles. The van der Waals surface area contributed by atoms with Gasteiger partial charge in [0.1, 0.15) is 0 Å². The van der Waals surface area contributed by atoms with Crippen molar-refractivity contribution < 1.29 is 9.53 Å². The maximum absolute atomic E-state index is 12.0. The van der Waals surface area contributed by atoms with E-state index < -0.39 is 0 Å². The molecule has 0 unspecified atom stereocenters. The van der Waals surface area contributed by atoms with Crippen LogP contribution in [0.3, 0.4) is 0 Å². The lowest BCUT2D eigenvalue weighted by Crippen LogP contribution is -2.12. The Morgan fingerprint density at radius 2 is 2.24 bits per heavy atom. The lowest BCUT2D eigenvalue weighted by molar-refractivity contribution is 0.0971. The van der Waals surface area contributed by atoms with Crippen LogP contribution in [-0.2, 0) is 17.7 Å². The van der Waals surface area contributed by atoms with E-state index >= 15 is 0 Å². The van der Waals surface area contributed by atoms with Gasteiger partial charge in [0.05, 0.1) is 30.1 Å². The minimum Gasteiger partial charge on any atom is -0.383 e. The molecule has 1 aromatic rings. The molecule has 1 aromatic heterocycles. The maximum Gasteiger partial charge on any atom is 0.166 e. The van der Waals surface area contributed by atoms with E-state index in [2.05, 4.69) is 5.10 Å². The molecule has 4 nitrogen and oxygen atoms in total. The zero-order valence-electron chi connectivity index (χ0n) is 10.2. The van der Waals surface area contributed by atoms with Crippen LogP contribution in [0.5, 0.6) is 0 Å². The predicted octanol–water partition coefficient (Wildman–Crippen LogP) is 1.93. The first kappa shape index (κ1) is 11.0. The number of hydrogen-bond donors (Lipinski definition) is 0. The van der Waals surface area contributed by atoms with Crippen molar-refractivity contribution in [3.8, 4) is 0 Å². The molecule has 0 bridgehead atoms. The molecule has 4 heteroatoms. The van der Waals surface area contributed by atoms with E-state index in [1.165, 1.54) is 18.5 Å². The topological polar surface area (TPSA) is 44.1 Å². The minimum atomic E-state index is 0.303. The summed E-state index contributed by atoms with van der Waals surface area (Å²) in [5.74, 6) is 0.877. The second-order valence-electron chi connectivity index (χ2n) is 4.97. The largest absolute Gasteiger partial charge is 0.383 e. The first-order chi connectivity index (χ1) is 8.31. The van der Waals surface area contributed by atoms with Crippen LogP contribution in [0, 0.1) is 0 Å². The maximum atomic E-state index is 12.0. The number of carbonyl (C=O) groups excluding carboxylic acids is 1. The molecule has 0 N–H and O–H groups in total. The molecule has 0 amide bonds. The highest BCUT2D eigenvalue weighted by Crippen LogP contribution is 2.43. The molecule has 1 fully saturated rings. The summed E-state index contributed by atoms with van der Waals surface area (Å²) in [6.45, 7) is 1.43. The van der Waals surface area contributed by atoms with Crippen LogP contribution in [0.4, 0.5) is 0 Å². The molecule has 1 heterocycles. The highest BCUT2D eigenvalue weighted by Gasteiger charge is 2.35. The van der Waals surface area contributed by atoms with Gasteiger partial charge in [-0.2, -0.15) is 5.10 Å². The Labute approximate surface area is 101 Å². The van der Waals surface area contributed by atoms with E-state index in [0.29, 0.717) is 24.7 Å². The fourth-order valence-corrected chi connectivity index (χ4v) is 2.67. The molecule has 17 heavy (non-hydrogen) atoms. The molecule has 0 radical (unpaired) electrons. The molecule has 0 spiro atoms. The molecular weight excluding hydrogens is 216 g/mol. The minimum absolute atomic E-state index is 0.303. The van der Waals surface area contributed by atoms with E-state index in [4.69, 9.17) is 4.74 Å². The highest BCUT2D eigenvalue weighted by molar-refractivity contribution is 5.99. The van der Waals surface area contributed by atoms with E-state index in [1.54, 1.807) is 7.11 Å². The van der Waals surface area contributed by atoms with Crippen LogP contribution in [0.1, 0.15) is 53.3 Å². The van der Waals surface area contributed by atoms with Crippen molar-refractivity contribution in [3.05, 3.63) is 17.0 Å². The van der Waals surface area contributed by atoms with Crippen molar-refractivity contribution in [1.82, 2.24) is 9.78 Å². The van der Waals surface area contributed by atoms with Gasteiger partial charge in [0, 0.05) is 19.4 Å². The normalized spacial score (nSPS) is 19.5. The average Bonchev–Trinajstić information content (AvgIpc) is 3.08. The average molecular weight is 234 g/mol. The van der Waals surface area contributed by atoms with Crippen LogP contribution >= 0.6 is 0 Å². The van der Waals surface area contributed by atoms with Gasteiger partial charge in [-0.25, -0.2) is 0 Å². The van der Waals surface area contributed by atoms with Gasteiger partial charge in [-0.1, -0.05) is 0 Å². The van der Waals surface area contributed by atoms with Crippen LogP contribution < -0.4 is 0 Å². The van der Waals surface area contributed by atoms with Crippen molar-refractivity contribution in [2.45, 2.75) is 44.6 Å². The molecule has 2 aliphatic rings. The Kier molecular flexibility index (Phi) is 2.74. The monoisotopic (exact) mass is 234 g/mol. The smallest absolute Gasteiger partial charge is 0.166 e. The zero-order chi connectivity index (χ0) is 11.8. The number of aromatic nitrogens is 2. The summed E-state index contributed by atoms with van der Waals surface area (Å²) in [6, 6.07) is 0. The van der Waals surface area contributed by atoms with Crippen LogP contribution in [0.25, 0.3) is 0 Å². The second-order valence-corrected chi connectivity index (χ2v) is 4.97. The summed E-state index contributed by atoms with van der Waals surface area (Å²) in [5.41, 5.74) is 3.18. The molecule has 0 aliphatic heterocycles. The fraction of sp³-hybridized carbons (Fsp3) is 0.692. The predicted molar refractivity (Wildman–Crippen MR) is 63.3 cm³/mol. The van der Waals surface area contributed by atoms with Gasteiger partial charge in [0.15, 0.2) is 5.78 Å². The Morgan fingerprint density at radius 1 is 1.41 bits per heavy atom. The van der Waals surface area contributed by atoms with E-state index in [1.807, 2.05) is 4.68 Å². The first-order valence-electron chi connectivity index (χ1n) is 6.43. The molecule has 2 aliphatic carbocycles. The quantitative estimate of drug-likeness (QED) is 0.799. The number of hydrogen-bond acceptors (Lipinski definition) is 3. The third-order valence-corrected chi connectivity index (χ3v) is 3.63. The van der Waals surface area contributed by atoms with Gasteiger partial charge < -0.3 is 4.74 Å².